The van der Waals surface area contributed by atoms with Crippen LogP contribution in [-0.2, 0) is 4.74 Å². The number of methoxy groups -OCH3 is 1. The summed E-state index contributed by atoms with van der Waals surface area (Å²) in [5.41, 5.74) is 1.09. The minimum atomic E-state index is 0.288. The van der Waals surface area contributed by atoms with Crippen molar-refractivity contribution >= 4 is 5.69 Å². The zero-order valence-electron chi connectivity index (χ0n) is 9.19. The van der Waals surface area contributed by atoms with Gasteiger partial charge in [0.05, 0.1) is 19.3 Å². The lowest BCUT2D eigenvalue weighted by Gasteiger charge is -2.17. The molecule has 0 bridgehead atoms. The molecular formula is C12H17NO2. The van der Waals surface area contributed by atoms with Gasteiger partial charge in [0, 0.05) is 18.4 Å². The zero-order chi connectivity index (χ0) is 10.7. The van der Waals surface area contributed by atoms with Crippen LogP contribution in [0, 0.1) is 0 Å². The molecule has 1 fully saturated rings. The van der Waals surface area contributed by atoms with Crippen molar-refractivity contribution in [3.63, 3.8) is 0 Å². The van der Waals surface area contributed by atoms with E-state index in [-0.39, 0.29) is 6.10 Å². The van der Waals surface area contributed by atoms with E-state index >= 15 is 0 Å². The van der Waals surface area contributed by atoms with Crippen molar-refractivity contribution in [3.8, 4) is 5.75 Å². The molecule has 1 aliphatic rings. The van der Waals surface area contributed by atoms with Crippen molar-refractivity contribution in [2.24, 2.45) is 0 Å². The molecule has 0 unspecified atom stereocenters. The lowest BCUT2D eigenvalue weighted by Crippen LogP contribution is -2.26. The van der Waals surface area contributed by atoms with Crippen LogP contribution in [0.25, 0.3) is 0 Å². The molecule has 0 aliphatic carbocycles. The average Bonchev–Trinajstić information content (AvgIpc) is 2.65. The van der Waals surface area contributed by atoms with E-state index in [0.29, 0.717) is 6.04 Å². The van der Waals surface area contributed by atoms with Crippen LogP contribution in [0.4, 0.5) is 5.69 Å². The van der Waals surface area contributed by atoms with Crippen LogP contribution in [0.5, 0.6) is 5.75 Å². The van der Waals surface area contributed by atoms with Gasteiger partial charge in [-0.25, -0.2) is 0 Å². The van der Waals surface area contributed by atoms with Gasteiger partial charge in [-0.05, 0) is 25.5 Å². The predicted octanol–water partition coefficient (Wildman–Crippen LogP) is 2.28. The quantitative estimate of drug-likeness (QED) is 0.824. The number of rotatable bonds is 3. The first kappa shape index (κ1) is 10.3. The number of hydrogen-bond acceptors (Lipinski definition) is 3. The van der Waals surface area contributed by atoms with E-state index in [0.717, 1.165) is 24.5 Å². The average molecular weight is 207 g/mol. The third-order valence-electron chi connectivity index (χ3n) is 2.80. The molecule has 1 N–H and O–H groups in total. The Bertz CT molecular complexity index is 327. The second-order valence-corrected chi connectivity index (χ2v) is 3.85. The second kappa shape index (κ2) is 4.53. The highest BCUT2D eigenvalue weighted by Crippen LogP contribution is 2.21. The van der Waals surface area contributed by atoms with Gasteiger partial charge >= 0.3 is 0 Å². The minimum absolute atomic E-state index is 0.288. The first-order valence-electron chi connectivity index (χ1n) is 5.32. The number of benzene rings is 1. The summed E-state index contributed by atoms with van der Waals surface area (Å²) in [6.45, 7) is 2.95. The number of nitrogens with one attached hydrogen (secondary N) is 1. The third-order valence-corrected chi connectivity index (χ3v) is 2.80. The minimum Gasteiger partial charge on any atom is -0.497 e. The Kier molecular flexibility index (Phi) is 3.11. The summed E-state index contributed by atoms with van der Waals surface area (Å²) in [5, 5.41) is 3.46. The smallest absolute Gasteiger partial charge is 0.120 e. The first-order valence-corrected chi connectivity index (χ1v) is 5.32. The molecule has 15 heavy (non-hydrogen) atoms. The molecule has 1 saturated heterocycles. The van der Waals surface area contributed by atoms with Crippen LogP contribution >= 0.6 is 0 Å². The maximum absolute atomic E-state index is 5.50. The highest BCUT2D eigenvalue weighted by Gasteiger charge is 2.23. The van der Waals surface area contributed by atoms with Crippen LogP contribution in [0.2, 0.25) is 0 Å². The van der Waals surface area contributed by atoms with Gasteiger partial charge in [-0.2, -0.15) is 0 Å². The van der Waals surface area contributed by atoms with Gasteiger partial charge in [-0.1, -0.05) is 6.07 Å². The highest BCUT2D eigenvalue weighted by atomic mass is 16.5. The molecule has 1 heterocycles. The van der Waals surface area contributed by atoms with Gasteiger partial charge < -0.3 is 14.8 Å². The molecule has 82 valence electrons. The van der Waals surface area contributed by atoms with Crippen LogP contribution in [0.15, 0.2) is 24.3 Å². The monoisotopic (exact) mass is 207 g/mol. The molecule has 0 radical (unpaired) electrons. The molecule has 2 rings (SSSR count). The fraction of sp³-hybridized carbons (Fsp3) is 0.500. The summed E-state index contributed by atoms with van der Waals surface area (Å²) in [6, 6.07) is 8.40. The third kappa shape index (κ3) is 2.42. The van der Waals surface area contributed by atoms with Crippen molar-refractivity contribution in [3.05, 3.63) is 24.3 Å². The molecule has 1 aliphatic heterocycles. The Morgan fingerprint density at radius 3 is 3.00 bits per heavy atom. The number of ether oxygens (including phenoxy) is 2. The van der Waals surface area contributed by atoms with E-state index in [4.69, 9.17) is 9.47 Å². The molecule has 0 spiro atoms. The van der Waals surface area contributed by atoms with Crippen LogP contribution in [0.3, 0.4) is 0 Å². The van der Waals surface area contributed by atoms with E-state index in [1.54, 1.807) is 7.11 Å². The van der Waals surface area contributed by atoms with Crippen molar-refractivity contribution in [1.29, 1.82) is 0 Å². The Balaban J connectivity index is 2.03. The van der Waals surface area contributed by atoms with Crippen molar-refractivity contribution in [2.45, 2.75) is 25.5 Å². The zero-order valence-corrected chi connectivity index (χ0v) is 9.19. The van der Waals surface area contributed by atoms with Gasteiger partial charge in [-0.15, -0.1) is 0 Å². The van der Waals surface area contributed by atoms with Crippen molar-refractivity contribution in [1.82, 2.24) is 0 Å². The van der Waals surface area contributed by atoms with Gasteiger partial charge in [0.15, 0.2) is 0 Å². The van der Waals surface area contributed by atoms with Gasteiger partial charge in [0.25, 0.3) is 0 Å². The standard InChI is InChI=1S/C12H17NO2/c1-9-12(6-7-15-9)13-10-4-3-5-11(8-10)14-2/h3-5,8-9,12-13H,6-7H2,1-2H3/t9-,12-/m0/s1. The molecule has 0 amide bonds. The van der Waals surface area contributed by atoms with Gasteiger partial charge in [0.2, 0.25) is 0 Å². The molecular weight excluding hydrogens is 190 g/mol. The Labute approximate surface area is 90.4 Å². The molecule has 1 aromatic rings. The summed E-state index contributed by atoms with van der Waals surface area (Å²) in [4.78, 5) is 0. The maximum Gasteiger partial charge on any atom is 0.120 e. The summed E-state index contributed by atoms with van der Waals surface area (Å²) >= 11 is 0. The fourth-order valence-electron chi connectivity index (χ4n) is 1.85. The molecule has 2 atom stereocenters. The van der Waals surface area contributed by atoms with E-state index < -0.39 is 0 Å². The molecule has 1 aromatic carbocycles. The maximum atomic E-state index is 5.50. The molecule has 0 saturated carbocycles. The van der Waals surface area contributed by atoms with Crippen LogP contribution < -0.4 is 10.1 Å². The normalized spacial score (nSPS) is 25.2. The van der Waals surface area contributed by atoms with E-state index in [9.17, 15) is 0 Å². The SMILES string of the molecule is COc1cccc(N[C@H]2CCO[C@H]2C)c1. The largest absolute Gasteiger partial charge is 0.497 e. The second-order valence-electron chi connectivity index (χ2n) is 3.85. The summed E-state index contributed by atoms with van der Waals surface area (Å²) in [7, 11) is 1.68. The summed E-state index contributed by atoms with van der Waals surface area (Å²) < 4.78 is 10.7. The highest BCUT2D eigenvalue weighted by molar-refractivity contribution is 5.49. The molecule has 3 nitrogen and oxygen atoms in total. The fourth-order valence-corrected chi connectivity index (χ4v) is 1.85. The van der Waals surface area contributed by atoms with Crippen molar-refractivity contribution in [2.75, 3.05) is 19.0 Å². The van der Waals surface area contributed by atoms with E-state index in [1.807, 2.05) is 24.3 Å². The lowest BCUT2D eigenvalue weighted by molar-refractivity contribution is 0.121. The Hall–Kier alpha value is -1.22. The summed E-state index contributed by atoms with van der Waals surface area (Å²) in [6.07, 6.45) is 1.36. The predicted molar refractivity (Wildman–Crippen MR) is 60.4 cm³/mol. The van der Waals surface area contributed by atoms with Crippen molar-refractivity contribution < 1.29 is 9.47 Å². The van der Waals surface area contributed by atoms with Gasteiger partial charge in [0.1, 0.15) is 5.75 Å². The molecule has 3 heteroatoms. The number of anilines is 1. The van der Waals surface area contributed by atoms with E-state index in [2.05, 4.69) is 12.2 Å². The van der Waals surface area contributed by atoms with E-state index in [1.165, 1.54) is 0 Å². The topological polar surface area (TPSA) is 30.5 Å². The Morgan fingerprint density at radius 2 is 2.33 bits per heavy atom. The Morgan fingerprint density at radius 1 is 1.47 bits per heavy atom. The van der Waals surface area contributed by atoms with Gasteiger partial charge in [-0.3, -0.25) is 0 Å². The summed E-state index contributed by atoms with van der Waals surface area (Å²) in [5.74, 6) is 0.881. The van der Waals surface area contributed by atoms with Crippen LogP contribution in [0.1, 0.15) is 13.3 Å². The number of hydrogen-bond donors (Lipinski definition) is 1. The lowest BCUT2D eigenvalue weighted by atomic mass is 10.1. The first-order chi connectivity index (χ1) is 7.29. The van der Waals surface area contributed by atoms with Crippen LogP contribution in [-0.4, -0.2) is 25.9 Å². The molecule has 0 aromatic heterocycles.